The first kappa shape index (κ1) is 13.8. The largest absolute Gasteiger partial charge is 0.478 e. The molecule has 0 fully saturated rings. The molecule has 0 saturated heterocycles. The molecule has 5 heteroatoms. The lowest BCUT2D eigenvalue weighted by molar-refractivity contribution is 0.0695. The Morgan fingerprint density at radius 1 is 1.16 bits per heavy atom. The molecule has 0 saturated carbocycles. The molecule has 98 valence electrons. The Balaban J connectivity index is 2.17. The summed E-state index contributed by atoms with van der Waals surface area (Å²) in [7, 11) is 0. The van der Waals surface area contributed by atoms with Crippen molar-refractivity contribution in [2.75, 3.05) is 0 Å². The van der Waals surface area contributed by atoms with Crippen LogP contribution in [0.5, 0.6) is 0 Å². The molecule has 2 aromatic rings. The van der Waals surface area contributed by atoms with Gasteiger partial charge in [-0.2, -0.15) is 0 Å². The number of carboxylic acid groups (broad SMARTS) is 1. The fraction of sp³-hybridized carbons (Fsp3) is 0.143. The Labute approximate surface area is 120 Å². The summed E-state index contributed by atoms with van der Waals surface area (Å²) in [6.45, 7) is 0. The van der Waals surface area contributed by atoms with E-state index in [4.69, 9.17) is 28.3 Å². The van der Waals surface area contributed by atoms with E-state index < -0.39 is 5.97 Å². The van der Waals surface area contributed by atoms with E-state index in [-0.39, 0.29) is 5.56 Å². The van der Waals surface area contributed by atoms with Crippen LogP contribution in [-0.2, 0) is 12.8 Å². The first-order valence-electron chi connectivity index (χ1n) is 5.68. The maximum Gasteiger partial charge on any atom is 0.336 e. The molecule has 0 aliphatic heterocycles. The molecule has 1 aromatic carbocycles. The highest BCUT2D eigenvalue weighted by Gasteiger charge is 2.10. The highest BCUT2D eigenvalue weighted by atomic mass is 35.5. The molecule has 1 heterocycles. The van der Waals surface area contributed by atoms with Crippen LogP contribution in [0.25, 0.3) is 0 Å². The molecule has 1 N–H and O–H groups in total. The number of carboxylic acids is 1. The van der Waals surface area contributed by atoms with Crippen LogP contribution in [0.4, 0.5) is 0 Å². The molecular weight excluding hydrogens is 285 g/mol. The lowest BCUT2D eigenvalue weighted by atomic mass is 10.0. The van der Waals surface area contributed by atoms with E-state index in [1.165, 1.54) is 12.3 Å². The van der Waals surface area contributed by atoms with Gasteiger partial charge in [0.2, 0.25) is 0 Å². The number of hydrogen-bond acceptors (Lipinski definition) is 2. The van der Waals surface area contributed by atoms with E-state index in [0.29, 0.717) is 28.5 Å². The van der Waals surface area contributed by atoms with Crippen LogP contribution in [0.1, 0.15) is 21.5 Å². The molecule has 0 unspecified atom stereocenters. The van der Waals surface area contributed by atoms with Crippen LogP contribution in [0.2, 0.25) is 10.0 Å². The Kier molecular flexibility index (Phi) is 4.40. The molecule has 3 nitrogen and oxygen atoms in total. The normalized spacial score (nSPS) is 10.4. The maximum absolute atomic E-state index is 11.1. The van der Waals surface area contributed by atoms with Crippen molar-refractivity contribution in [3.8, 4) is 0 Å². The van der Waals surface area contributed by atoms with Gasteiger partial charge in [-0.3, -0.25) is 4.98 Å². The van der Waals surface area contributed by atoms with Crippen LogP contribution in [-0.4, -0.2) is 16.1 Å². The third-order valence-electron chi connectivity index (χ3n) is 2.81. The van der Waals surface area contributed by atoms with Gasteiger partial charge in [0.1, 0.15) is 0 Å². The lowest BCUT2D eigenvalue weighted by Crippen LogP contribution is -2.04. The third kappa shape index (κ3) is 3.46. The van der Waals surface area contributed by atoms with Crippen molar-refractivity contribution in [1.29, 1.82) is 0 Å². The van der Waals surface area contributed by atoms with Gasteiger partial charge in [0.05, 0.1) is 5.56 Å². The fourth-order valence-corrected chi connectivity index (χ4v) is 2.33. The van der Waals surface area contributed by atoms with Gasteiger partial charge in [-0.05, 0) is 42.2 Å². The van der Waals surface area contributed by atoms with Crippen molar-refractivity contribution in [3.05, 3.63) is 63.4 Å². The van der Waals surface area contributed by atoms with Gasteiger partial charge in [-0.15, -0.1) is 0 Å². The minimum atomic E-state index is -0.945. The van der Waals surface area contributed by atoms with E-state index in [0.717, 1.165) is 5.56 Å². The van der Waals surface area contributed by atoms with Crippen molar-refractivity contribution in [2.24, 2.45) is 0 Å². The predicted octanol–water partition coefficient (Wildman–Crippen LogP) is 3.87. The smallest absolute Gasteiger partial charge is 0.336 e. The van der Waals surface area contributed by atoms with Gasteiger partial charge in [0.15, 0.2) is 0 Å². The fourth-order valence-electron chi connectivity index (χ4n) is 1.83. The van der Waals surface area contributed by atoms with Crippen molar-refractivity contribution in [1.82, 2.24) is 4.98 Å². The number of aryl methyl sites for hydroxylation is 2. The van der Waals surface area contributed by atoms with Crippen LogP contribution in [0.15, 0.2) is 36.7 Å². The third-order valence-corrected chi connectivity index (χ3v) is 3.40. The molecule has 0 radical (unpaired) electrons. The molecule has 19 heavy (non-hydrogen) atoms. The van der Waals surface area contributed by atoms with Crippen molar-refractivity contribution >= 4 is 29.2 Å². The quantitative estimate of drug-likeness (QED) is 0.931. The average molecular weight is 296 g/mol. The van der Waals surface area contributed by atoms with Crippen molar-refractivity contribution < 1.29 is 9.90 Å². The molecule has 1 aromatic heterocycles. The number of rotatable bonds is 4. The predicted molar refractivity (Wildman–Crippen MR) is 75.1 cm³/mol. The Morgan fingerprint density at radius 2 is 1.89 bits per heavy atom. The van der Waals surface area contributed by atoms with Gasteiger partial charge < -0.3 is 5.11 Å². The first-order valence-corrected chi connectivity index (χ1v) is 6.43. The summed E-state index contributed by atoms with van der Waals surface area (Å²) >= 11 is 11.9. The summed E-state index contributed by atoms with van der Waals surface area (Å²) in [5.41, 5.74) is 1.91. The lowest BCUT2D eigenvalue weighted by Gasteiger charge is -2.07. The SMILES string of the molecule is O=C(O)c1ccncc1CCc1ccc(Cl)cc1Cl. The number of aromatic nitrogens is 1. The van der Waals surface area contributed by atoms with E-state index in [2.05, 4.69) is 4.98 Å². The summed E-state index contributed by atoms with van der Waals surface area (Å²) < 4.78 is 0. The second-order valence-corrected chi connectivity index (χ2v) is 4.92. The molecule has 0 amide bonds. The zero-order valence-electron chi connectivity index (χ0n) is 9.94. The number of pyridine rings is 1. The topological polar surface area (TPSA) is 50.2 Å². The van der Waals surface area contributed by atoms with Gasteiger partial charge in [0, 0.05) is 22.4 Å². The second kappa shape index (κ2) is 6.04. The highest BCUT2D eigenvalue weighted by molar-refractivity contribution is 6.35. The van der Waals surface area contributed by atoms with Crippen LogP contribution >= 0.6 is 23.2 Å². The van der Waals surface area contributed by atoms with E-state index >= 15 is 0 Å². The van der Waals surface area contributed by atoms with Crippen LogP contribution in [0.3, 0.4) is 0 Å². The Morgan fingerprint density at radius 3 is 2.58 bits per heavy atom. The average Bonchev–Trinajstić information content (AvgIpc) is 2.38. The van der Waals surface area contributed by atoms with Gasteiger partial charge in [-0.25, -0.2) is 4.79 Å². The van der Waals surface area contributed by atoms with Crippen LogP contribution in [0, 0.1) is 0 Å². The van der Waals surface area contributed by atoms with E-state index in [9.17, 15) is 4.79 Å². The first-order chi connectivity index (χ1) is 9.08. The minimum absolute atomic E-state index is 0.278. The number of aromatic carboxylic acids is 1. The van der Waals surface area contributed by atoms with E-state index in [1.54, 1.807) is 18.3 Å². The minimum Gasteiger partial charge on any atom is -0.478 e. The van der Waals surface area contributed by atoms with Gasteiger partial charge >= 0.3 is 5.97 Å². The van der Waals surface area contributed by atoms with Crippen LogP contribution < -0.4 is 0 Å². The second-order valence-electron chi connectivity index (χ2n) is 4.07. The van der Waals surface area contributed by atoms with E-state index in [1.807, 2.05) is 6.07 Å². The van der Waals surface area contributed by atoms with Crippen molar-refractivity contribution in [2.45, 2.75) is 12.8 Å². The summed E-state index contributed by atoms with van der Waals surface area (Å²) in [5, 5.41) is 10.3. The number of hydrogen-bond donors (Lipinski definition) is 1. The summed E-state index contributed by atoms with van der Waals surface area (Å²) in [6.07, 6.45) is 4.26. The molecule has 2 rings (SSSR count). The standard InChI is InChI=1S/C14H11Cl2NO2/c15-11-4-3-9(13(16)7-11)1-2-10-8-17-6-5-12(10)14(18)19/h3-8H,1-2H2,(H,18,19). The molecule has 0 spiro atoms. The van der Waals surface area contributed by atoms with Crippen molar-refractivity contribution in [3.63, 3.8) is 0 Å². The van der Waals surface area contributed by atoms with Gasteiger partial charge in [-0.1, -0.05) is 29.3 Å². The molecular formula is C14H11Cl2NO2. The maximum atomic E-state index is 11.1. The number of carbonyl (C=O) groups is 1. The summed E-state index contributed by atoms with van der Waals surface area (Å²) in [4.78, 5) is 15.0. The number of halogens is 2. The van der Waals surface area contributed by atoms with Gasteiger partial charge in [0.25, 0.3) is 0 Å². The molecule has 0 aliphatic carbocycles. The number of benzene rings is 1. The molecule has 0 aliphatic rings. The number of nitrogens with zero attached hydrogens (tertiary/aromatic N) is 1. The summed E-state index contributed by atoms with van der Waals surface area (Å²) in [5.74, 6) is -0.945. The zero-order chi connectivity index (χ0) is 13.8. The Hall–Kier alpha value is -1.58. The summed E-state index contributed by atoms with van der Waals surface area (Å²) in [6, 6.07) is 6.80. The monoisotopic (exact) mass is 295 g/mol. The highest BCUT2D eigenvalue weighted by Crippen LogP contribution is 2.22. The Bertz CT molecular complexity index is 614. The molecule has 0 atom stereocenters. The zero-order valence-corrected chi connectivity index (χ0v) is 11.4. The molecule has 0 bridgehead atoms.